The highest BCUT2D eigenvalue weighted by atomic mass is 79.9. The van der Waals surface area contributed by atoms with E-state index in [1.807, 2.05) is 18.2 Å². The minimum absolute atomic E-state index is 0.348. The minimum atomic E-state index is -0.348. The number of hydrogen-bond donors (Lipinski definition) is 1. The Morgan fingerprint density at radius 1 is 1.25 bits per heavy atom. The van der Waals surface area contributed by atoms with E-state index in [1.54, 1.807) is 23.8 Å². The summed E-state index contributed by atoms with van der Waals surface area (Å²) in [6.07, 6.45) is 0. The van der Waals surface area contributed by atoms with E-state index in [2.05, 4.69) is 20.9 Å². The SMILES string of the molecule is COc1ccc2[nH]c(=S)n(-c3ccc(Br)cc3F)c2c1. The van der Waals surface area contributed by atoms with Gasteiger partial charge in [0.1, 0.15) is 11.6 Å². The minimum Gasteiger partial charge on any atom is -0.497 e. The van der Waals surface area contributed by atoms with Crippen LogP contribution in [0.15, 0.2) is 40.9 Å². The highest BCUT2D eigenvalue weighted by molar-refractivity contribution is 9.10. The van der Waals surface area contributed by atoms with E-state index in [0.717, 1.165) is 11.0 Å². The second-order valence-electron chi connectivity index (χ2n) is 4.24. The van der Waals surface area contributed by atoms with Crippen LogP contribution in [0.2, 0.25) is 0 Å². The molecule has 3 nitrogen and oxygen atoms in total. The third-order valence-electron chi connectivity index (χ3n) is 3.04. The molecule has 1 N–H and O–H groups in total. The van der Waals surface area contributed by atoms with Gasteiger partial charge in [0.25, 0.3) is 0 Å². The van der Waals surface area contributed by atoms with Crippen LogP contribution in [0, 0.1) is 10.6 Å². The quantitative estimate of drug-likeness (QED) is 0.683. The lowest BCUT2D eigenvalue weighted by Gasteiger charge is -2.07. The molecule has 0 radical (unpaired) electrons. The maximum atomic E-state index is 14.2. The average Bonchev–Trinajstić information content (AvgIpc) is 2.74. The van der Waals surface area contributed by atoms with Crippen molar-refractivity contribution < 1.29 is 9.13 Å². The Hall–Kier alpha value is -1.66. The van der Waals surface area contributed by atoms with E-state index in [9.17, 15) is 4.39 Å². The van der Waals surface area contributed by atoms with Gasteiger partial charge in [-0.25, -0.2) is 4.39 Å². The highest BCUT2D eigenvalue weighted by Crippen LogP contribution is 2.26. The van der Waals surface area contributed by atoms with Crippen molar-refractivity contribution in [2.45, 2.75) is 0 Å². The molecule has 3 rings (SSSR count). The molecule has 0 amide bonds. The standard InChI is InChI=1S/C14H10BrFN2OS/c1-19-9-3-4-11-13(7-9)18(14(20)17-11)12-5-2-8(15)6-10(12)16/h2-7H,1H3,(H,17,20). The first-order valence-corrected chi connectivity index (χ1v) is 7.04. The van der Waals surface area contributed by atoms with Gasteiger partial charge in [-0.1, -0.05) is 15.9 Å². The van der Waals surface area contributed by atoms with Gasteiger partial charge in [0.15, 0.2) is 4.77 Å². The monoisotopic (exact) mass is 352 g/mol. The zero-order valence-electron chi connectivity index (χ0n) is 10.5. The zero-order valence-corrected chi connectivity index (χ0v) is 12.9. The molecular weight excluding hydrogens is 343 g/mol. The molecule has 6 heteroatoms. The first kappa shape index (κ1) is 13.3. The number of nitrogens with one attached hydrogen (secondary N) is 1. The lowest BCUT2D eigenvalue weighted by Crippen LogP contribution is -1.98. The Morgan fingerprint density at radius 2 is 2.05 bits per heavy atom. The molecule has 0 aliphatic carbocycles. The summed E-state index contributed by atoms with van der Waals surface area (Å²) in [5.41, 5.74) is 2.01. The second kappa shape index (κ2) is 5.03. The fourth-order valence-electron chi connectivity index (χ4n) is 2.11. The van der Waals surface area contributed by atoms with Gasteiger partial charge in [-0.3, -0.25) is 4.57 Å². The Labute approximate surface area is 128 Å². The number of aromatic amines is 1. The van der Waals surface area contributed by atoms with Crippen LogP contribution in [0.4, 0.5) is 4.39 Å². The molecule has 2 aromatic carbocycles. The molecule has 0 aliphatic rings. The molecule has 3 aromatic rings. The van der Waals surface area contributed by atoms with E-state index < -0.39 is 0 Å². The van der Waals surface area contributed by atoms with Crippen LogP contribution in [0.1, 0.15) is 0 Å². The summed E-state index contributed by atoms with van der Waals surface area (Å²) >= 11 is 8.54. The number of H-pyrrole nitrogens is 1. The maximum absolute atomic E-state index is 14.2. The molecule has 0 spiro atoms. The summed E-state index contributed by atoms with van der Waals surface area (Å²) in [5.74, 6) is 0.344. The van der Waals surface area contributed by atoms with Gasteiger partial charge < -0.3 is 9.72 Å². The number of nitrogens with zero attached hydrogens (tertiary/aromatic N) is 1. The van der Waals surface area contributed by atoms with Crippen LogP contribution in [0.25, 0.3) is 16.7 Å². The lowest BCUT2D eigenvalue weighted by molar-refractivity contribution is 0.415. The van der Waals surface area contributed by atoms with Crippen molar-refractivity contribution in [1.29, 1.82) is 0 Å². The number of imidazole rings is 1. The van der Waals surface area contributed by atoms with Crippen LogP contribution in [0.5, 0.6) is 5.75 Å². The summed E-state index contributed by atoms with van der Waals surface area (Å²) in [4.78, 5) is 3.06. The number of methoxy groups -OCH3 is 1. The molecular formula is C14H10BrFN2OS. The predicted octanol–water partition coefficient (Wildman–Crippen LogP) is 4.60. The summed E-state index contributed by atoms with van der Waals surface area (Å²) in [5, 5.41) is 0. The topological polar surface area (TPSA) is 29.9 Å². The summed E-state index contributed by atoms with van der Waals surface area (Å²) in [6.45, 7) is 0. The molecule has 0 unspecified atom stereocenters. The van der Waals surface area contributed by atoms with Crippen molar-refractivity contribution in [3.05, 3.63) is 51.5 Å². The maximum Gasteiger partial charge on any atom is 0.182 e. The Balaban J connectivity index is 2.34. The van der Waals surface area contributed by atoms with Gasteiger partial charge in [-0.15, -0.1) is 0 Å². The fraction of sp³-hybridized carbons (Fsp3) is 0.0714. The van der Waals surface area contributed by atoms with E-state index in [0.29, 0.717) is 20.7 Å². The molecule has 1 heterocycles. The van der Waals surface area contributed by atoms with Crippen molar-refractivity contribution in [3.8, 4) is 11.4 Å². The number of aromatic nitrogens is 2. The van der Waals surface area contributed by atoms with Gasteiger partial charge >= 0.3 is 0 Å². The van der Waals surface area contributed by atoms with E-state index in [1.165, 1.54) is 6.07 Å². The van der Waals surface area contributed by atoms with Crippen LogP contribution < -0.4 is 4.74 Å². The summed E-state index contributed by atoms with van der Waals surface area (Å²) < 4.78 is 22.2. The lowest BCUT2D eigenvalue weighted by atomic mass is 10.2. The molecule has 0 saturated carbocycles. The number of hydrogen-bond acceptors (Lipinski definition) is 2. The highest BCUT2D eigenvalue weighted by Gasteiger charge is 2.11. The van der Waals surface area contributed by atoms with Crippen molar-refractivity contribution in [3.63, 3.8) is 0 Å². The van der Waals surface area contributed by atoms with Gasteiger partial charge in [0.2, 0.25) is 0 Å². The van der Waals surface area contributed by atoms with Crippen molar-refractivity contribution in [2.24, 2.45) is 0 Å². The molecule has 102 valence electrons. The number of benzene rings is 2. The second-order valence-corrected chi connectivity index (χ2v) is 5.55. The van der Waals surface area contributed by atoms with Crippen LogP contribution in [-0.2, 0) is 0 Å². The van der Waals surface area contributed by atoms with E-state index in [4.69, 9.17) is 17.0 Å². The summed E-state index contributed by atoms with van der Waals surface area (Å²) in [7, 11) is 1.59. The van der Waals surface area contributed by atoms with Gasteiger partial charge in [-0.05, 0) is 42.5 Å². The van der Waals surface area contributed by atoms with Crippen molar-refractivity contribution >= 4 is 39.2 Å². The molecule has 0 aliphatic heterocycles. The van der Waals surface area contributed by atoms with Gasteiger partial charge in [0.05, 0.1) is 23.8 Å². The largest absolute Gasteiger partial charge is 0.497 e. The smallest absolute Gasteiger partial charge is 0.182 e. The van der Waals surface area contributed by atoms with Crippen LogP contribution in [0.3, 0.4) is 0 Å². The number of ether oxygens (including phenoxy) is 1. The molecule has 0 saturated heterocycles. The first-order valence-electron chi connectivity index (χ1n) is 5.84. The Kier molecular flexibility index (Phi) is 3.35. The average molecular weight is 353 g/mol. The first-order chi connectivity index (χ1) is 9.60. The van der Waals surface area contributed by atoms with E-state index in [-0.39, 0.29) is 5.82 Å². The fourth-order valence-corrected chi connectivity index (χ4v) is 2.75. The summed E-state index contributed by atoms with van der Waals surface area (Å²) in [6, 6.07) is 10.4. The van der Waals surface area contributed by atoms with Gasteiger partial charge in [0, 0.05) is 10.5 Å². The number of fused-ring (bicyclic) bond motifs is 1. The third kappa shape index (κ3) is 2.14. The predicted molar refractivity (Wildman–Crippen MR) is 82.7 cm³/mol. The Bertz CT molecular complexity index is 856. The number of rotatable bonds is 2. The van der Waals surface area contributed by atoms with Crippen LogP contribution >= 0.6 is 28.1 Å². The molecule has 1 aromatic heterocycles. The Morgan fingerprint density at radius 3 is 2.75 bits per heavy atom. The molecule has 20 heavy (non-hydrogen) atoms. The van der Waals surface area contributed by atoms with Crippen LogP contribution in [-0.4, -0.2) is 16.7 Å². The molecule has 0 bridgehead atoms. The van der Waals surface area contributed by atoms with Crippen molar-refractivity contribution in [1.82, 2.24) is 9.55 Å². The number of halogens is 2. The third-order valence-corrected chi connectivity index (χ3v) is 3.82. The van der Waals surface area contributed by atoms with Gasteiger partial charge in [-0.2, -0.15) is 0 Å². The zero-order chi connectivity index (χ0) is 14.3. The molecule has 0 fully saturated rings. The van der Waals surface area contributed by atoms with Crippen molar-refractivity contribution in [2.75, 3.05) is 7.11 Å². The normalized spacial score (nSPS) is 10.9. The van der Waals surface area contributed by atoms with E-state index >= 15 is 0 Å². The molecule has 0 atom stereocenters.